The van der Waals surface area contributed by atoms with E-state index in [9.17, 15) is 28.8 Å². The lowest BCUT2D eigenvalue weighted by molar-refractivity contribution is -0.146. The maximum Gasteiger partial charge on any atom is 0.289 e. The van der Waals surface area contributed by atoms with Crippen molar-refractivity contribution >= 4 is 35.3 Å². The molecule has 49 heavy (non-hydrogen) atoms. The molecule has 2 heterocycles. The highest BCUT2D eigenvalue weighted by Gasteiger charge is 2.52. The number of carbonyl (C=O) groups excluding carboxylic acids is 6. The summed E-state index contributed by atoms with van der Waals surface area (Å²) in [5.74, 6) is -3.31. The molecule has 0 bridgehead atoms. The van der Waals surface area contributed by atoms with Gasteiger partial charge in [0, 0.05) is 25.5 Å². The van der Waals surface area contributed by atoms with Gasteiger partial charge in [0.2, 0.25) is 23.5 Å². The Labute approximate surface area is 289 Å². The molecule has 5 amide bonds. The molecule has 1 aromatic heterocycles. The summed E-state index contributed by atoms with van der Waals surface area (Å²) < 4.78 is 0. The predicted octanol–water partition coefficient (Wildman–Crippen LogP) is 2.69. The number of hydrogen-bond acceptors (Lipinski definition) is 8. The van der Waals surface area contributed by atoms with Crippen LogP contribution in [0, 0.1) is 23.2 Å². The van der Waals surface area contributed by atoms with Crippen molar-refractivity contribution in [1.29, 1.82) is 0 Å². The third-order valence-electron chi connectivity index (χ3n) is 10.3. The minimum absolute atomic E-state index is 0.0900. The molecule has 4 N–H and O–H groups in total. The molecule has 0 spiro atoms. The Morgan fingerprint density at radius 2 is 1.63 bits per heavy atom. The molecule has 270 valence electrons. The Kier molecular flexibility index (Phi) is 13.3. The summed E-state index contributed by atoms with van der Waals surface area (Å²) in [6.45, 7) is 10.1. The van der Waals surface area contributed by atoms with E-state index in [-0.39, 0.29) is 29.4 Å². The van der Waals surface area contributed by atoms with Gasteiger partial charge in [-0.3, -0.25) is 33.8 Å². The van der Waals surface area contributed by atoms with E-state index in [4.69, 9.17) is 0 Å². The molecule has 1 aromatic rings. The number of nitrogens with one attached hydrogen (secondary N) is 4. The normalized spacial score (nSPS) is 22.7. The van der Waals surface area contributed by atoms with Gasteiger partial charge in [-0.1, -0.05) is 66.7 Å². The molecule has 4 rings (SSSR count). The quantitative estimate of drug-likeness (QED) is 0.217. The van der Waals surface area contributed by atoms with Crippen molar-refractivity contribution in [2.75, 3.05) is 13.1 Å². The van der Waals surface area contributed by atoms with Crippen LogP contribution in [0.4, 0.5) is 0 Å². The van der Waals surface area contributed by atoms with Gasteiger partial charge in [-0.2, -0.15) is 0 Å². The molecular weight excluding hydrogens is 626 g/mol. The molecule has 0 aromatic carbocycles. The second-order valence-electron chi connectivity index (χ2n) is 15.0. The predicted molar refractivity (Wildman–Crippen MR) is 183 cm³/mol. The molecule has 2 aliphatic carbocycles. The van der Waals surface area contributed by atoms with E-state index in [0.29, 0.717) is 32.4 Å². The van der Waals surface area contributed by atoms with Crippen LogP contribution < -0.4 is 21.3 Å². The topological polar surface area (TPSA) is 180 Å². The number of Topliss-reactive ketones (excluding diaryl/α,β-unsaturated/α-hetero) is 1. The van der Waals surface area contributed by atoms with Crippen LogP contribution in [-0.4, -0.2) is 87.4 Å². The highest BCUT2D eigenvalue weighted by molar-refractivity contribution is 6.38. The van der Waals surface area contributed by atoms with E-state index < -0.39 is 59.0 Å². The molecule has 0 unspecified atom stereocenters. The largest absolute Gasteiger partial charge is 0.349 e. The fraction of sp³-hybridized carbons (Fsp3) is 0.722. The molecule has 13 nitrogen and oxygen atoms in total. The van der Waals surface area contributed by atoms with Crippen molar-refractivity contribution in [3.63, 3.8) is 0 Å². The molecule has 13 heteroatoms. The van der Waals surface area contributed by atoms with Crippen molar-refractivity contribution in [2.45, 2.75) is 129 Å². The van der Waals surface area contributed by atoms with E-state index >= 15 is 0 Å². The summed E-state index contributed by atoms with van der Waals surface area (Å²) in [5, 5.41) is 11.3. The van der Waals surface area contributed by atoms with Crippen LogP contribution >= 0.6 is 0 Å². The first kappa shape index (κ1) is 37.9. The van der Waals surface area contributed by atoms with Crippen LogP contribution in [0.25, 0.3) is 0 Å². The Bertz CT molecular complexity index is 1340. The van der Waals surface area contributed by atoms with E-state index in [1.165, 1.54) is 18.6 Å². The minimum Gasteiger partial charge on any atom is -0.349 e. The van der Waals surface area contributed by atoms with Crippen LogP contribution in [0.3, 0.4) is 0 Å². The highest BCUT2D eigenvalue weighted by Crippen LogP contribution is 2.43. The number of likely N-dealkylation sites (tertiary alicyclic amines) is 1. The maximum absolute atomic E-state index is 14.6. The lowest BCUT2D eigenvalue weighted by atomic mass is 9.82. The Balaban J connectivity index is 1.57. The van der Waals surface area contributed by atoms with Gasteiger partial charge in [0.15, 0.2) is 0 Å². The van der Waals surface area contributed by atoms with Crippen LogP contribution in [0.2, 0.25) is 0 Å². The van der Waals surface area contributed by atoms with Gasteiger partial charge in [-0.25, -0.2) is 4.98 Å². The van der Waals surface area contributed by atoms with E-state index in [2.05, 4.69) is 31.2 Å². The van der Waals surface area contributed by atoms with Crippen LogP contribution in [0.1, 0.15) is 116 Å². The van der Waals surface area contributed by atoms with E-state index in [1.54, 1.807) is 4.90 Å². The first-order valence-electron chi connectivity index (χ1n) is 18.2. The Hall–Kier alpha value is -3.90. The first-order chi connectivity index (χ1) is 23.4. The average Bonchev–Trinajstić information content (AvgIpc) is 3.69. The van der Waals surface area contributed by atoms with Crippen molar-refractivity contribution in [3.8, 4) is 0 Å². The summed E-state index contributed by atoms with van der Waals surface area (Å²) in [7, 11) is 0. The van der Waals surface area contributed by atoms with Gasteiger partial charge in [-0.05, 0) is 61.7 Å². The van der Waals surface area contributed by atoms with Gasteiger partial charge in [0.05, 0.1) is 12.2 Å². The fourth-order valence-electron chi connectivity index (χ4n) is 7.71. The third kappa shape index (κ3) is 9.42. The number of carbonyl (C=O) groups is 6. The zero-order chi connectivity index (χ0) is 35.7. The Morgan fingerprint density at radius 3 is 2.27 bits per heavy atom. The number of hydrogen-bond donors (Lipinski definition) is 4. The number of amides is 5. The average molecular weight is 682 g/mol. The second-order valence-corrected chi connectivity index (χ2v) is 15.0. The third-order valence-corrected chi connectivity index (χ3v) is 10.3. The molecular formula is C36H55N7O6. The zero-order valence-corrected chi connectivity index (χ0v) is 29.8. The van der Waals surface area contributed by atoms with Crippen molar-refractivity contribution in [1.82, 2.24) is 36.1 Å². The standard InChI is InChI=1S/C36H55N7O6/c1-6-12-25(29(44)34(48)39-17-7-2)40-33(47)28-24-16-11-15-23(24)21-43(28)35(49)30(36(3,4)5)42-32(46)27(22-13-9-8-10-14-22)41-31(45)26-20-37-18-19-38-26/h18-20,22-25,27-28,30H,6-17,21H2,1-5H3,(H,39,48)(H,40,47)(H,41,45)(H,42,46)/t23-,24-,25-,27-,28-,30+/m0/s1. The highest BCUT2D eigenvalue weighted by atomic mass is 16.2. The molecule has 1 aliphatic heterocycles. The van der Waals surface area contributed by atoms with Crippen molar-refractivity contribution in [3.05, 3.63) is 24.3 Å². The summed E-state index contributed by atoms with van der Waals surface area (Å²) in [5.41, 5.74) is -0.644. The van der Waals surface area contributed by atoms with Crippen LogP contribution in [-0.2, 0) is 24.0 Å². The fourth-order valence-corrected chi connectivity index (χ4v) is 7.71. The summed E-state index contributed by atoms with van der Waals surface area (Å²) in [6.07, 6.45) is 12.8. The number of ketones is 1. The van der Waals surface area contributed by atoms with Gasteiger partial charge in [-0.15, -0.1) is 0 Å². The molecule has 0 radical (unpaired) electrons. The smallest absolute Gasteiger partial charge is 0.289 e. The minimum atomic E-state index is -1.00. The molecule has 2 saturated carbocycles. The van der Waals surface area contributed by atoms with Gasteiger partial charge in [0.1, 0.15) is 23.8 Å². The number of aromatic nitrogens is 2. The zero-order valence-electron chi connectivity index (χ0n) is 29.8. The number of rotatable bonds is 14. The molecule has 6 atom stereocenters. The molecule has 3 fully saturated rings. The number of nitrogens with zero attached hydrogens (tertiary/aromatic N) is 3. The number of fused-ring (bicyclic) bond motifs is 1. The summed E-state index contributed by atoms with van der Waals surface area (Å²) in [6, 6.07) is -3.72. The molecule has 3 aliphatic rings. The monoisotopic (exact) mass is 681 g/mol. The maximum atomic E-state index is 14.6. The van der Waals surface area contributed by atoms with Crippen molar-refractivity contribution < 1.29 is 28.8 Å². The summed E-state index contributed by atoms with van der Waals surface area (Å²) >= 11 is 0. The van der Waals surface area contributed by atoms with Crippen molar-refractivity contribution in [2.24, 2.45) is 23.2 Å². The Morgan fingerprint density at radius 1 is 0.898 bits per heavy atom. The SMILES string of the molecule is CCCNC(=O)C(=O)[C@H](CCC)NC(=O)[C@@H]1[C@H]2CCC[C@H]2CN1C(=O)[C@@H](NC(=O)[C@@H](NC(=O)c1cnccn1)C1CCCCC1)C(C)(C)C. The lowest BCUT2D eigenvalue weighted by Gasteiger charge is -2.38. The lowest BCUT2D eigenvalue weighted by Crippen LogP contribution is -2.62. The second kappa shape index (κ2) is 17.2. The van der Waals surface area contributed by atoms with E-state index in [1.807, 2.05) is 34.6 Å². The first-order valence-corrected chi connectivity index (χ1v) is 18.2. The summed E-state index contributed by atoms with van der Waals surface area (Å²) in [4.78, 5) is 91.2. The van der Waals surface area contributed by atoms with Crippen LogP contribution in [0.15, 0.2) is 18.6 Å². The van der Waals surface area contributed by atoms with Gasteiger partial charge in [0.25, 0.3) is 11.8 Å². The van der Waals surface area contributed by atoms with Gasteiger partial charge < -0.3 is 26.2 Å². The molecule has 1 saturated heterocycles. The van der Waals surface area contributed by atoms with E-state index in [0.717, 1.165) is 51.4 Å². The van der Waals surface area contributed by atoms with Crippen LogP contribution in [0.5, 0.6) is 0 Å². The van der Waals surface area contributed by atoms with Gasteiger partial charge >= 0.3 is 0 Å².